The van der Waals surface area contributed by atoms with Crippen molar-refractivity contribution in [3.63, 3.8) is 0 Å². The topological polar surface area (TPSA) is 75.6 Å². The van der Waals surface area contributed by atoms with E-state index in [1.807, 2.05) is 19.1 Å². The SMILES string of the molecule is CC[C@H](OC)[C@@H](C)[C@@H]1C[C@H]1[C@H](O)[C@H](C)/C=C/C=C(\C)[C@H]1O[C@H](OC)[C@H](OC)[C@@H](OC)[C@@H]1OC. The zero-order valence-corrected chi connectivity index (χ0v) is 21.9. The second kappa shape index (κ2) is 13.3. The summed E-state index contributed by atoms with van der Waals surface area (Å²) in [7, 11) is 8.27. The van der Waals surface area contributed by atoms with Crippen LogP contribution in [-0.2, 0) is 28.4 Å². The Hall–Kier alpha value is -0.800. The molecule has 0 aromatic heterocycles. The van der Waals surface area contributed by atoms with Crippen molar-refractivity contribution >= 4 is 0 Å². The Morgan fingerprint density at radius 2 is 1.61 bits per heavy atom. The molecule has 0 radical (unpaired) electrons. The Balaban J connectivity index is 2.02. The van der Waals surface area contributed by atoms with Gasteiger partial charge in [0, 0.05) is 41.5 Å². The largest absolute Gasteiger partial charge is 0.392 e. The lowest BCUT2D eigenvalue weighted by molar-refractivity contribution is -0.295. The average molecular weight is 471 g/mol. The average Bonchev–Trinajstić information content (AvgIpc) is 3.63. The van der Waals surface area contributed by atoms with Gasteiger partial charge in [0.15, 0.2) is 6.29 Å². The van der Waals surface area contributed by atoms with E-state index < -0.39 is 6.29 Å². The number of methoxy groups -OCH3 is 5. The Bertz CT molecular complexity index is 632. The summed E-state index contributed by atoms with van der Waals surface area (Å²) in [5, 5.41) is 10.9. The van der Waals surface area contributed by atoms with Crippen LogP contribution in [0.15, 0.2) is 23.8 Å². The number of aliphatic hydroxyl groups is 1. The van der Waals surface area contributed by atoms with Crippen LogP contribution in [0.1, 0.15) is 40.5 Å². The summed E-state index contributed by atoms with van der Waals surface area (Å²) >= 11 is 0. The summed E-state index contributed by atoms with van der Waals surface area (Å²) in [6, 6.07) is 0. The number of aliphatic hydroxyl groups excluding tert-OH is 1. The molecule has 0 aromatic rings. The molecule has 0 bridgehead atoms. The van der Waals surface area contributed by atoms with Gasteiger partial charge in [-0.1, -0.05) is 39.0 Å². The minimum Gasteiger partial charge on any atom is -0.392 e. The smallest absolute Gasteiger partial charge is 0.186 e. The molecule has 0 spiro atoms. The normalized spacial score (nSPS) is 36.5. The second-order valence-corrected chi connectivity index (χ2v) is 9.51. The van der Waals surface area contributed by atoms with Crippen molar-refractivity contribution in [3.8, 4) is 0 Å². The van der Waals surface area contributed by atoms with Crippen LogP contribution in [0.4, 0.5) is 0 Å². The van der Waals surface area contributed by atoms with Gasteiger partial charge in [-0.05, 0) is 43.1 Å². The van der Waals surface area contributed by atoms with E-state index >= 15 is 0 Å². The van der Waals surface area contributed by atoms with Crippen molar-refractivity contribution < 1.29 is 33.5 Å². The molecule has 2 fully saturated rings. The Morgan fingerprint density at radius 1 is 0.970 bits per heavy atom. The highest BCUT2D eigenvalue weighted by Crippen LogP contribution is 2.49. The van der Waals surface area contributed by atoms with Crippen LogP contribution in [0, 0.1) is 23.7 Å². The summed E-state index contributed by atoms with van der Waals surface area (Å²) in [6.07, 6.45) is 6.10. The van der Waals surface area contributed by atoms with Crippen molar-refractivity contribution in [1.82, 2.24) is 0 Å². The number of allylic oxidation sites excluding steroid dienone is 2. The molecule has 7 nitrogen and oxygen atoms in total. The highest BCUT2D eigenvalue weighted by molar-refractivity contribution is 5.19. The lowest BCUT2D eigenvalue weighted by Gasteiger charge is -2.44. The van der Waals surface area contributed by atoms with Gasteiger partial charge in [0.1, 0.15) is 24.4 Å². The molecule has 7 heteroatoms. The van der Waals surface area contributed by atoms with E-state index in [-0.39, 0.29) is 42.5 Å². The molecule has 2 rings (SSSR count). The number of hydrogen-bond acceptors (Lipinski definition) is 7. The summed E-state index contributed by atoms with van der Waals surface area (Å²) in [5.74, 6) is 1.39. The van der Waals surface area contributed by atoms with Crippen molar-refractivity contribution in [2.45, 2.75) is 83.5 Å². The van der Waals surface area contributed by atoms with Crippen LogP contribution in [0.2, 0.25) is 0 Å². The molecular weight excluding hydrogens is 424 g/mol. The van der Waals surface area contributed by atoms with Crippen LogP contribution in [0.25, 0.3) is 0 Å². The first-order valence-electron chi connectivity index (χ1n) is 12.1. The molecule has 1 saturated carbocycles. The third-order valence-corrected chi connectivity index (χ3v) is 7.60. The second-order valence-electron chi connectivity index (χ2n) is 9.51. The minimum absolute atomic E-state index is 0.0562. The molecular formula is C26H46O7. The first kappa shape index (κ1) is 28.4. The van der Waals surface area contributed by atoms with E-state index in [4.69, 9.17) is 28.4 Å². The molecule has 0 aromatic carbocycles. The van der Waals surface area contributed by atoms with E-state index in [2.05, 4.69) is 26.8 Å². The van der Waals surface area contributed by atoms with Gasteiger partial charge in [0.25, 0.3) is 0 Å². The maximum atomic E-state index is 10.9. The van der Waals surface area contributed by atoms with Crippen LogP contribution in [0.5, 0.6) is 0 Å². The van der Waals surface area contributed by atoms with Gasteiger partial charge in [-0.25, -0.2) is 0 Å². The van der Waals surface area contributed by atoms with E-state index in [1.54, 1.807) is 35.5 Å². The van der Waals surface area contributed by atoms with Crippen LogP contribution in [-0.4, -0.2) is 83.6 Å². The predicted molar refractivity (Wildman–Crippen MR) is 128 cm³/mol. The van der Waals surface area contributed by atoms with Gasteiger partial charge in [-0.15, -0.1) is 0 Å². The highest BCUT2D eigenvalue weighted by atomic mass is 16.7. The standard InChI is InChI=1S/C26H46O7/c1-10-20(28-5)17(4)18-14-19(18)21(27)15(2)12-11-13-16(3)22-23(29-6)24(30-7)25(31-8)26(32-9)33-22/h11-13,15,17-27H,10,14H2,1-9H3/b12-11+,16-13+/t15-,17+,18+,19-,20+,21-,22-,23-,24+,25-,26+/m1/s1. The number of rotatable bonds is 13. The van der Waals surface area contributed by atoms with Crippen molar-refractivity contribution in [1.29, 1.82) is 0 Å². The highest BCUT2D eigenvalue weighted by Gasteiger charge is 2.49. The fraction of sp³-hybridized carbons (Fsp3) is 0.846. The Kier molecular flexibility index (Phi) is 11.5. The van der Waals surface area contributed by atoms with Gasteiger partial charge in [-0.2, -0.15) is 0 Å². The summed E-state index contributed by atoms with van der Waals surface area (Å²) in [6.45, 7) is 8.47. The van der Waals surface area contributed by atoms with E-state index in [0.717, 1.165) is 18.4 Å². The lowest BCUT2D eigenvalue weighted by Crippen LogP contribution is -2.60. The fourth-order valence-corrected chi connectivity index (χ4v) is 5.38. The van der Waals surface area contributed by atoms with Crippen molar-refractivity contribution in [2.75, 3.05) is 35.5 Å². The summed E-state index contributed by atoms with van der Waals surface area (Å²) in [5.41, 5.74) is 0.988. The van der Waals surface area contributed by atoms with Gasteiger partial charge < -0.3 is 33.5 Å². The van der Waals surface area contributed by atoms with Crippen molar-refractivity contribution in [2.24, 2.45) is 23.7 Å². The van der Waals surface area contributed by atoms with Gasteiger partial charge in [-0.3, -0.25) is 0 Å². The molecule has 192 valence electrons. The zero-order valence-electron chi connectivity index (χ0n) is 21.9. The van der Waals surface area contributed by atoms with Gasteiger partial charge >= 0.3 is 0 Å². The zero-order chi connectivity index (χ0) is 24.7. The summed E-state index contributed by atoms with van der Waals surface area (Å²) < 4.78 is 34.2. The molecule has 1 N–H and O–H groups in total. The van der Waals surface area contributed by atoms with E-state index in [0.29, 0.717) is 17.8 Å². The fourth-order valence-electron chi connectivity index (χ4n) is 5.38. The molecule has 33 heavy (non-hydrogen) atoms. The minimum atomic E-state index is -0.558. The first-order valence-corrected chi connectivity index (χ1v) is 12.1. The third kappa shape index (κ3) is 6.66. The number of hydrogen-bond donors (Lipinski definition) is 1. The molecule has 2 aliphatic rings. The molecule has 1 aliphatic heterocycles. The maximum absolute atomic E-state index is 10.9. The third-order valence-electron chi connectivity index (χ3n) is 7.60. The van der Waals surface area contributed by atoms with E-state index in [9.17, 15) is 5.11 Å². The van der Waals surface area contributed by atoms with Gasteiger partial charge in [0.2, 0.25) is 0 Å². The Labute approximate surface area is 200 Å². The van der Waals surface area contributed by atoms with E-state index in [1.165, 1.54) is 0 Å². The Morgan fingerprint density at radius 3 is 2.12 bits per heavy atom. The molecule has 0 amide bonds. The molecule has 1 heterocycles. The molecule has 1 saturated heterocycles. The molecule has 0 unspecified atom stereocenters. The predicted octanol–water partition coefficient (Wildman–Crippen LogP) is 3.60. The van der Waals surface area contributed by atoms with Crippen LogP contribution >= 0.6 is 0 Å². The van der Waals surface area contributed by atoms with Crippen molar-refractivity contribution in [3.05, 3.63) is 23.8 Å². The first-order chi connectivity index (χ1) is 15.8. The molecule has 1 aliphatic carbocycles. The number of ether oxygens (including phenoxy) is 6. The monoisotopic (exact) mass is 470 g/mol. The lowest BCUT2D eigenvalue weighted by atomic mass is 9.91. The quantitative estimate of drug-likeness (QED) is 0.412. The van der Waals surface area contributed by atoms with Gasteiger partial charge in [0.05, 0.1) is 12.2 Å². The van der Waals surface area contributed by atoms with Crippen LogP contribution in [0.3, 0.4) is 0 Å². The maximum Gasteiger partial charge on any atom is 0.186 e. The summed E-state index contributed by atoms with van der Waals surface area (Å²) in [4.78, 5) is 0. The van der Waals surface area contributed by atoms with Crippen LogP contribution < -0.4 is 0 Å². The molecule has 11 atom stereocenters.